The first-order valence-electron chi connectivity index (χ1n) is 6.07. The highest BCUT2D eigenvalue weighted by molar-refractivity contribution is 7.98. The SMILES string of the molecule is CSc1cc(NCCOc2cccc(C)c2)ncn1. The van der Waals surface area contributed by atoms with E-state index in [1.54, 1.807) is 18.1 Å². The van der Waals surface area contributed by atoms with Crippen LogP contribution in [0.1, 0.15) is 5.56 Å². The standard InChI is InChI=1S/C14H17N3OS/c1-11-4-3-5-12(8-11)18-7-6-15-13-9-14(19-2)17-10-16-13/h3-5,8-10H,6-7H2,1-2H3,(H,15,16,17). The van der Waals surface area contributed by atoms with Gasteiger partial charge in [-0.2, -0.15) is 0 Å². The fourth-order valence-electron chi connectivity index (χ4n) is 1.60. The maximum absolute atomic E-state index is 5.65. The van der Waals surface area contributed by atoms with Crippen molar-refractivity contribution in [1.29, 1.82) is 0 Å². The van der Waals surface area contributed by atoms with Crippen molar-refractivity contribution in [3.8, 4) is 5.75 Å². The predicted octanol–water partition coefficient (Wildman–Crippen LogP) is 3.00. The summed E-state index contributed by atoms with van der Waals surface area (Å²) in [7, 11) is 0. The summed E-state index contributed by atoms with van der Waals surface area (Å²) < 4.78 is 5.65. The molecule has 4 nitrogen and oxygen atoms in total. The summed E-state index contributed by atoms with van der Waals surface area (Å²) in [5.41, 5.74) is 1.20. The fourth-order valence-corrected chi connectivity index (χ4v) is 1.98. The summed E-state index contributed by atoms with van der Waals surface area (Å²) in [6.45, 7) is 3.36. The van der Waals surface area contributed by atoms with Crippen molar-refractivity contribution in [3.05, 3.63) is 42.2 Å². The Morgan fingerprint density at radius 3 is 2.95 bits per heavy atom. The van der Waals surface area contributed by atoms with Crippen LogP contribution in [0.4, 0.5) is 5.82 Å². The van der Waals surface area contributed by atoms with E-state index in [0.717, 1.165) is 16.6 Å². The molecule has 1 N–H and O–H groups in total. The maximum atomic E-state index is 5.65. The maximum Gasteiger partial charge on any atom is 0.130 e. The molecule has 0 radical (unpaired) electrons. The molecule has 1 aromatic carbocycles. The summed E-state index contributed by atoms with van der Waals surface area (Å²) in [5, 5.41) is 4.17. The van der Waals surface area contributed by atoms with Gasteiger partial charge in [-0.15, -0.1) is 11.8 Å². The number of aryl methyl sites for hydroxylation is 1. The van der Waals surface area contributed by atoms with Crippen LogP contribution in [0.15, 0.2) is 41.7 Å². The van der Waals surface area contributed by atoms with Gasteiger partial charge < -0.3 is 10.1 Å². The molecule has 0 amide bonds. The molecule has 100 valence electrons. The predicted molar refractivity (Wildman–Crippen MR) is 79.0 cm³/mol. The number of ether oxygens (including phenoxy) is 1. The van der Waals surface area contributed by atoms with E-state index in [4.69, 9.17) is 4.74 Å². The third-order valence-corrected chi connectivity index (χ3v) is 3.16. The molecule has 1 aromatic heterocycles. The molecule has 0 unspecified atom stereocenters. The molecule has 0 aliphatic heterocycles. The minimum absolute atomic E-state index is 0.599. The van der Waals surface area contributed by atoms with Crippen molar-refractivity contribution >= 4 is 17.6 Å². The van der Waals surface area contributed by atoms with Gasteiger partial charge >= 0.3 is 0 Å². The largest absolute Gasteiger partial charge is 0.492 e. The summed E-state index contributed by atoms with van der Waals surface area (Å²) >= 11 is 1.60. The van der Waals surface area contributed by atoms with Gasteiger partial charge in [-0.3, -0.25) is 0 Å². The molecule has 1 heterocycles. The van der Waals surface area contributed by atoms with Crippen LogP contribution in [0.5, 0.6) is 5.75 Å². The molecule has 19 heavy (non-hydrogen) atoms. The number of aromatic nitrogens is 2. The lowest BCUT2D eigenvalue weighted by atomic mass is 10.2. The Morgan fingerprint density at radius 1 is 1.26 bits per heavy atom. The van der Waals surface area contributed by atoms with Gasteiger partial charge in [0.1, 0.15) is 29.5 Å². The number of rotatable bonds is 6. The number of nitrogens with zero attached hydrogens (tertiary/aromatic N) is 2. The van der Waals surface area contributed by atoms with Gasteiger partial charge in [-0.1, -0.05) is 12.1 Å². The molecule has 0 fully saturated rings. The summed E-state index contributed by atoms with van der Waals surface area (Å²) in [4.78, 5) is 8.28. The molecule has 2 rings (SSSR count). The Balaban J connectivity index is 1.77. The molecule has 0 spiro atoms. The first-order valence-corrected chi connectivity index (χ1v) is 7.30. The van der Waals surface area contributed by atoms with E-state index in [9.17, 15) is 0 Å². The molecule has 0 bridgehead atoms. The summed E-state index contributed by atoms with van der Waals surface area (Å²) in [6, 6.07) is 9.96. The highest BCUT2D eigenvalue weighted by Crippen LogP contribution is 2.14. The van der Waals surface area contributed by atoms with Gasteiger partial charge in [0.25, 0.3) is 0 Å². The van der Waals surface area contributed by atoms with Crippen molar-refractivity contribution in [2.75, 3.05) is 24.7 Å². The summed E-state index contributed by atoms with van der Waals surface area (Å²) in [6.07, 6.45) is 3.56. The van der Waals surface area contributed by atoms with Gasteiger partial charge in [0.05, 0.1) is 6.54 Å². The highest BCUT2D eigenvalue weighted by Gasteiger charge is 1.98. The van der Waals surface area contributed by atoms with E-state index >= 15 is 0 Å². The Bertz CT molecular complexity index is 534. The van der Waals surface area contributed by atoms with Crippen molar-refractivity contribution in [2.45, 2.75) is 11.9 Å². The van der Waals surface area contributed by atoms with Gasteiger partial charge in [-0.05, 0) is 30.9 Å². The van der Waals surface area contributed by atoms with Gasteiger partial charge in [-0.25, -0.2) is 9.97 Å². The molecule has 0 atom stereocenters. The lowest BCUT2D eigenvalue weighted by Gasteiger charge is -2.08. The minimum Gasteiger partial charge on any atom is -0.492 e. The second-order valence-electron chi connectivity index (χ2n) is 4.04. The van der Waals surface area contributed by atoms with Crippen LogP contribution in [0.25, 0.3) is 0 Å². The van der Waals surface area contributed by atoms with Crippen molar-refractivity contribution < 1.29 is 4.74 Å². The quantitative estimate of drug-likeness (QED) is 0.499. The van der Waals surface area contributed by atoms with Gasteiger partial charge in [0.15, 0.2) is 0 Å². The van der Waals surface area contributed by atoms with E-state index in [1.807, 2.05) is 30.5 Å². The zero-order chi connectivity index (χ0) is 13.5. The first kappa shape index (κ1) is 13.7. The highest BCUT2D eigenvalue weighted by atomic mass is 32.2. The average Bonchev–Trinajstić information content (AvgIpc) is 2.44. The monoisotopic (exact) mass is 275 g/mol. The van der Waals surface area contributed by atoms with Crippen molar-refractivity contribution in [3.63, 3.8) is 0 Å². The zero-order valence-corrected chi connectivity index (χ0v) is 11.9. The number of benzene rings is 1. The van der Waals surface area contributed by atoms with E-state index in [0.29, 0.717) is 13.2 Å². The second-order valence-corrected chi connectivity index (χ2v) is 4.86. The lowest BCUT2D eigenvalue weighted by Crippen LogP contribution is -2.12. The number of anilines is 1. The average molecular weight is 275 g/mol. The lowest BCUT2D eigenvalue weighted by molar-refractivity contribution is 0.332. The molecule has 0 saturated heterocycles. The molecule has 0 aliphatic carbocycles. The van der Waals surface area contributed by atoms with Crippen LogP contribution >= 0.6 is 11.8 Å². The Labute approximate surface area is 117 Å². The van der Waals surface area contributed by atoms with Crippen LogP contribution in [0.2, 0.25) is 0 Å². The van der Waals surface area contributed by atoms with E-state index < -0.39 is 0 Å². The topological polar surface area (TPSA) is 47.0 Å². The number of thioether (sulfide) groups is 1. The smallest absolute Gasteiger partial charge is 0.130 e. The summed E-state index contributed by atoms with van der Waals surface area (Å²) in [5.74, 6) is 1.72. The van der Waals surface area contributed by atoms with E-state index in [-0.39, 0.29) is 0 Å². The third-order valence-electron chi connectivity index (χ3n) is 2.52. The molecule has 5 heteroatoms. The van der Waals surface area contributed by atoms with Gasteiger partial charge in [0.2, 0.25) is 0 Å². The molecule has 2 aromatic rings. The normalized spacial score (nSPS) is 10.2. The van der Waals surface area contributed by atoms with E-state index in [2.05, 4.69) is 28.3 Å². The van der Waals surface area contributed by atoms with Gasteiger partial charge in [0, 0.05) is 6.07 Å². The Hall–Kier alpha value is -1.75. The molecular formula is C14H17N3OS. The van der Waals surface area contributed by atoms with Crippen LogP contribution in [-0.2, 0) is 0 Å². The fraction of sp³-hybridized carbons (Fsp3) is 0.286. The molecule has 0 saturated carbocycles. The van der Waals surface area contributed by atoms with E-state index in [1.165, 1.54) is 5.56 Å². The zero-order valence-electron chi connectivity index (χ0n) is 11.1. The van der Waals surface area contributed by atoms with Crippen LogP contribution in [0, 0.1) is 6.92 Å². The second kappa shape index (κ2) is 6.99. The van der Waals surface area contributed by atoms with Crippen LogP contribution in [0.3, 0.4) is 0 Å². The third kappa shape index (κ3) is 4.44. The first-order chi connectivity index (χ1) is 9.28. The number of hydrogen-bond acceptors (Lipinski definition) is 5. The van der Waals surface area contributed by atoms with Crippen molar-refractivity contribution in [1.82, 2.24) is 9.97 Å². The van der Waals surface area contributed by atoms with Crippen molar-refractivity contribution in [2.24, 2.45) is 0 Å². The van der Waals surface area contributed by atoms with Crippen LogP contribution < -0.4 is 10.1 Å². The molecular weight excluding hydrogens is 258 g/mol. The number of nitrogens with one attached hydrogen (secondary N) is 1. The minimum atomic E-state index is 0.599. The Morgan fingerprint density at radius 2 is 2.16 bits per heavy atom. The van der Waals surface area contributed by atoms with Crippen LogP contribution in [-0.4, -0.2) is 29.4 Å². The number of hydrogen-bond donors (Lipinski definition) is 1. The molecule has 0 aliphatic rings. The Kier molecular flexibility index (Phi) is 5.03.